The monoisotopic (exact) mass is 329 g/mol. The van der Waals surface area contributed by atoms with Gasteiger partial charge in [0.1, 0.15) is 6.54 Å². The lowest BCUT2D eigenvalue weighted by Gasteiger charge is -2.20. The summed E-state index contributed by atoms with van der Waals surface area (Å²) in [4.78, 5) is 58.2. The lowest BCUT2D eigenvalue weighted by Crippen LogP contribution is -2.50. The number of nitrogens with zero attached hydrogens (tertiary/aromatic N) is 1. The van der Waals surface area contributed by atoms with Gasteiger partial charge in [0.05, 0.1) is 18.5 Å². The SMILES string of the molecule is C[C@H](N)C(=O)N[C@@H](CC(=O)O)C(=O)[C@H]1CC(=O)N(CC(=O)O)C1. The molecule has 1 heterocycles. The fourth-order valence-corrected chi connectivity index (χ4v) is 2.26. The summed E-state index contributed by atoms with van der Waals surface area (Å²) in [6.07, 6.45) is -0.850. The maximum absolute atomic E-state index is 12.4. The van der Waals surface area contributed by atoms with Gasteiger partial charge in [-0.3, -0.25) is 24.0 Å². The Morgan fingerprint density at radius 2 is 1.91 bits per heavy atom. The normalized spacial score (nSPS) is 20.0. The predicted molar refractivity (Wildman–Crippen MR) is 75.2 cm³/mol. The number of aliphatic carboxylic acids is 2. The Morgan fingerprint density at radius 1 is 1.30 bits per heavy atom. The number of hydrogen-bond donors (Lipinski definition) is 4. The van der Waals surface area contributed by atoms with E-state index < -0.39 is 60.5 Å². The molecule has 0 aromatic heterocycles. The second kappa shape index (κ2) is 7.68. The summed E-state index contributed by atoms with van der Waals surface area (Å²) >= 11 is 0. The smallest absolute Gasteiger partial charge is 0.323 e. The number of carbonyl (C=O) groups is 5. The summed E-state index contributed by atoms with van der Waals surface area (Å²) in [7, 11) is 0. The minimum absolute atomic E-state index is 0.117. The summed E-state index contributed by atoms with van der Waals surface area (Å²) in [5.41, 5.74) is 5.37. The van der Waals surface area contributed by atoms with Crippen LogP contribution in [0.3, 0.4) is 0 Å². The van der Waals surface area contributed by atoms with Gasteiger partial charge in [0.2, 0.25) is 11.8 Å². The van der Waals surface area contributed by atoms with E-state index in [4.69, 9.17) is 15.9 Å². The zero-order chi connectivity index (χ0) is 17.7. The highest BCUT2D eigenvalue weighted by Crippen LogP contribution is 2.20. The molecule has 0 radical (unpaired) electrons. The molecule has 0 aromatic carbocycles. The van der Waals surface area contributed by atoms with E-state index in [1.165, 1.54) is 6.92 Å². The molecule has 0 unspecified atom stereocenters. The maximum Gasteiger partial charge on any atom is 0.323 e. The highest BCUT2D eigenvalue weighted by Gasteiger charge is 2.39. The van der Waals surface area contributed by atoms with Crippen molar-refractivity contribution < 1.29 is 34.2 Å². The Balaban J connectivity index is 2.80. The average molecular weight is 329 g/mol. The van der Waals surface area contributed by atoms with Gasteiger partial charge in [0, 0.05) is 18.9 Å². The van der Waals surface area contributed by atoms with Crippen LogP contribution in [0.1, 0.15) is 19.8 Å². The van der Waals surface area contributed by atoms with Crippen LogP contribution >= 0.6 is 0 Å². The van der Waals surface area contributed by atoms with Crippen LogP contribution < -0.4 is 11.1 Å². The Bertz CT molecular complexity index is 532. The van der Waals surface area contributed by atoms with Gasteiger partial charge in [0.25, 0.3) is 0 Å². The third kappa shape index (κ3) is 5.33. The lowest BCUT2D eigenvalue weighted by atomic mass is 9.95. The van der Waals surface area contributed by atoms with E-state index in [9.17, 15) is 24.0 Å². The summed E-state index contributed by atoms with van der Waals surface area (Å²) in [5, 5.41) is 19.8. The number of carboxylic acid groups (broad SMARTS) is 2. The molecule has 1 rings (SSSR count). The first kappa shape index (κ1) is 18.6. The number of hydrogen-bond acceptors (Lipinski definition) is 6. The third-order valence-corrected chi connectivity index (χ3v) is 3.40. The zero-order valence-electron chi connectivity index (χ0n) is 12.5. The van der Waals surface area contributed by atoms with E-state index in [0.717, 1.165) is 4.90 Å². The van der Waals surface area contributed by atoms with Crippen LogP contribution in [0.5, 0.6) is 0 Å². The molecule has 0 saturated carbocycles. The first-order valence-corrected chi connectivity index (χ1v) is 6.92. The van der Waals surface area contributed by atoms with Crippen molar-refractivity contribution in [3.8, 4) is 0 Å². The summed E-state index contributed by atoms with van der Waals surface area (Å²) < 4.78 is 0. The molecule has 1 aliphatic heterocycles. The average Bonchev–Trinajstić information content (AvgIpc) is 2.77. The molecule has 1 fully saturated rings. The van der Waals surface area contributed by atoms with Crippen LogP contribution in [0, 0.1) is 5.92 Å². The second-order valence-electron chi connectivity index (χ2n) is 5.42. The number of amides is 2. The highest BCUT2D eigenvalue weighted by molar-refractivity contribution is 5.98. The molecule has 0 aromatic rings. The Labute approximate surface area is 131 Å². The first-order valence-electron chi connectivity index (χ1n) is 6.92. The van der Waals surface area contributed by atoms with Gasteiger partial charge in [-0.1, -0.05) is 0 Å². The zero-order valence-corrected chi connectivity index (χ0v) is 12.5. The van der Waals surface area contributed by atoms with Crippen molar-refractivity contribution in [1.29, 1.82) is 0 Å². The summed E-state index contributed by atoms with van der Waals surface area (Å²) in [5.74, 6) is -5.17. The van der Waals surface area contributed by atoms with Crippen molar-refractivity contribution in [2.75, 3.05) is 13.1 Å². The van der Waals surface area contributed by atoms with E-state index >= 15 is 0 Å². The van der Waals surface area contributed by atoms with E-state index in [0.29, 0.717) is 0 Å². The van der Waals surface area contributed by atoms with Crippen molar-refractivity contribution in [1.82, 2.24) is 10.2 Å². The lowest BCUT2D eigenvalue weighted by molar-refractivity contribution is -0.142. The number of Topliss-reactive ketones (excluding diaryl/α,β-unsaturated/α-hetero) is 1. The number of carboxylic acids is 2. The molecule has 0 spiro atoms. The number of nitrogens with two attached hydrogens (primary N) is 1. The summed E-state index contributed by atoms with van der Waals surface area (Å²) in [6, 6.07) is -2.23. The van der Waals surface area contributed by atoms with Gasteiger partial charge in [0.15, 0.2) is 5.78 Å². The second-order valence-corrected chi connectivity index (χ2v) is 5.42. The quantitative estimate of drug-likeness (QED) is 0.389. The van der Waals surface area contributed by atoms with Crippen LogP contribution in [0.15, 0.2) is 0 Å². The topological polar surface area (TPSA) is 167 Å². The van der Waals surface area contributed by atoms with Crippen LogP contribution in [0.25, 0.3) is 0 Å². The number of carbonyl (C=O) groups excluding carboxylic acids is 3. The number of rotatable bonds is 8. The molecule has 5 N–H and O–H groups in total. The van der Waals surface area contributed by atoms with Gasteiger partial charge in [-0.2, -0.15) is 0 Å². The molecular formula is C13H19N3O7. The van der Waals surface area contributed by atoms with Crippen molar-refractivity contribution in [3.63, 3.8) is 0 Å². The third-order valence-electron chi connectivity index (χ3n) is 3.40. The molecule has 0 aliphatic carbocycles. The standard InChI is InChI=1S/C13H19N3O7/c1-6(14)13(23)15-8(3-10(18)19)12(22)7-2-9(17)16(4-7)5-11(20)21/h6-8H,2-5,14H2,1H3,(H,15,23)(H,18,19)(H,20,21)/t6-,7-,8-/m0/s1. The van der Waals surface area contributed by atoms with Crippen molar-refractivity contribution in [3.05, 3.63) is 0 Å². The largest absolute Gasteiger partial charge is 0.481 e. The molecule has 1 saturated heterocycles. The Morgan fingerprint density at radius 3 is 2.39 bits per heavy atom. The highest BCUT2D eigenvalue weighted by atomic mass is 16.4. The summed E-state index contributed by atoms with van der Waals surface area (Å²) in [6.45, 7) is 0.734. The van der Waals surface area contributed by atoms with Crippen molar-refractivity contribution in [2.45, 2.75) is 31.8 Å². The molecule has 23 heavy (non-hydrogen) atoms. The van der Waals surface area contributed by atoms with E-state index in [1.54, 1.807) is 0 Å². The molecule has 2 amide bonds. The number of ketones is 1. The number of likely N-dealkylation sites (tertiary alicyclic amines) is 1. The van der Waals surface area contributed by atoms with Gasteiger partial charge >= 0.3 is 11.9 Å². The fraction of sp³-hybridized carbons (Fsp3) is 0.615. The van der Waals surface area contributed by atoms with Crippen LogP contribution in [-0.2, 0) is 24.0 Å². The van der Waals surface area contributed by atoms with Crippen LogP contribution in [0.4, 0.5) is 0 Å². The van der Waals surface area contributed by atoms with Gasteiger partial charge < -0.3 is 26.2 Å². The number of nitrogens with one attached hydrogen (secondary N) is 1. The van der Waals surface area contributed by atoms with E-state index in [-0.39, 0.29) is 13.0 Å². The minimum Gasteiger partial charge on any atom is -0.481 e. The van der Waals surface area contributed by atoms with Crippen molar-refractivity contribution in [2.24, 2.45) is 11.7 Å². The maximum atomic E-state index is 12.4. The van der Waals surface area contributed by atoms with Crippen LogP contribution in [0.2, 0.25) is 0 Å². The molecule has 3 atom stereocenters. The fourth-order valence-electron chi connectivity index (χ4n) is 2.26. The predicted octanol–water partition coefficient (Wildman–Crippen LogP) is -2.20. The minimum atomic E-state index is -1.31. The van der Waals surface area contributed by atoms with E-state index in [2.05, 4.69) is 5.32 Å². The molecular weight excluding hydrogens is 310 g/mol. The molecule has 1 aliphatic rings. The molecule has 0 bridgehead atoms. The van der Waals surface area contributed by atoms with Gasteiger partial charge in [-0.15, -0.1) is 0 Å². The molecule has 128 valence electrons. The van der Waals surface area contributed by atoms with Gasteiger partial charge in [-0.25, -0.2) is 0 Å². The van der Waals surface area contributed by atoms with E-state index in [1.807, 2.05) is 0 Å². The Hall–Kier alpha value is -2.49. The molecule has 10 nitrogen and oxygen atoms in total. The molecule has 10 heteroatoms. The van der Waals surface area contributed by atoms with Gasteiger partial charge in [-0.05, 0) is 6.92 Å². The van der Waals surface area contributed by atoms with Crippen molar-refractivity contribution >= 4 is 29.5 Å². The first-order chi connectivity index (χ1) is 10.6. The van der Waals surface area contributed by atoms with Crippen LogP contribution in [-0.4, -0.2) is 69.8 Å². The Kier molecular flexibility index (Phi) is 6.19.